The van der Waals surface area contributed by atoms with Crippen molar-refractivity contribution < 1.29 is 14.2 Å². The number of Topliss-reactive ketones (excluding diaryl/α,β-unsaturated/α-hetero) is 2. The number of hydrogen-bond donors (Lipinski definition) is 1. The second kappa shape index (κ2) is 14.4. The van der Waals surface area contributed by atoms with Gasteiger partial charge in [0, 0.05) is 108 Å². The number of nitrogens with one attached hydrogen (secondary N) is 1. The van der Waals surface area contributed by atoms with Gasteiger partial charge in [-0.15, -0.1) is 0 Å². The third-order valence-electron chi connectivity index (χ3n) is 13.6. The Bertz CT molecular complexity index is 3200. The van der Waals surface area contributed by atoms with Gasteiger partial charge < -0.3 is 14.5 Å². The molecule has 4 aromatic heterocycles. The van der Waals surface area contributed by atoms with E-state index in [1.165, 1.54) is 0 Å². The minimum Gasteiger partial charge on any atom is -0.360 e. The number of benzene rings is 4. The molecule has 0 aliphatic heterocycles. The molecule has 4 heterocycles. The van der Waals surface area contributed by atoms with Crippen molar-refractivity contribution in [1.29, 1.82) is 0 Å². The number of pyridine rings is 1. The Morgan fingerprint density at radius 2 is 1.25 bits per heavy atom. The van der Waals surface area contributed by atoms with Gasteiger partial charge in [0.2, 0.25) is 11.0 Å². The molecule has 11 nitrogen and oxygen atoms in total. The number of carbonyl (C=O) groups is 2. The Balaban J connectivity index is 1.02. The first kappa shape index (κ1) is 37.4. The van der Waals surface area contributed by atoms with E-state index in [9.17, 15) is 19.2 Å². The van der Waals surface area contributed by atoms with Crippen LogP contribution in [0.2, 0.25) is 0 Å². The lowest BCUT2D eigenvalue weighted by molar-refractivity contribution is -0.643. The summed E-state index contributed by atoms with van der Waals surface area (Å²) in [6.45, 7) is 13.9. The highest BCUT2D eigenvalue weighted by atomic mass is 16.1. The summed E-state index contributed by atoms with van der Waals surface area (Å²) < 4.78 is 8.53. The number of nitrogens with zero attached hydrogens (tertiary/aromatic N) is 6. The van der Waals surface area contributed by atoms with E-state index in [1.807, 2.05) is 31.3 Å². The van der Waals surface area contributed by atoms with Gasteiger partial charge in [-0.2, -0.15) is 4.57 Å². The molecule has 10 rings (SSSR count). The van der Waals surface area contributed by atoms with Crippen molar-refractivity contribution >= 4 is 76.9 Å². The summed E-state index contributed by atoms with van der Waals surface area (Å²) in [6, 6.07) is 17.8. The van der Waals surface area contributed by atoms with Crippen molar-refractivity contribution in [2.24, 2.45) is 7.05 Å². The van der Waals surface area contributed by atoms with E-state index in [0.29, 0.717) is 49.5 Å². The fraction of sp³-hybridized carbons (Fsp3) is 0.354. The highest BCUT2D eigenvalue weighted by Crippen LogP contribution is 2.40. The van der Waals surface area contributed by atoms with Gasteiger partial charge in [0.15, 0.2) is 23.5 Å². The van der Waals surface area contributed by atoms with Crippen molar-refractivity contribution in [3.05, 3.63) is 110 Å². The second-order valence-corrected chi connectivity index (χ2v) is 16.3. The lowest BCUT2D eigenvalue weighted by Gasteiger charge is -2.23. The van der Waals surface area contributed by atoms with E-state index in [4.69, 9.17) is 0 Å². The Morgan fingerprint density at radius 3 is 2.00 bits per heavy atom. The maximum atomic E-state index is 14.2. The number of H-pyrrole nitrogens is 1. The first-order valence-corrected chi connectivity index (χ1v) is 21.3. The molecule has 0 atom stereocenters. The van der Waals surface area contributed by atoms with Crippen molar-refractivity contribution in [1.82, 2.24) is 28.7 Å². The van der Waals surface area contributed by atoms with E-state index in [1.54, 1.807) is 16.9 Å². The van der Waals surface area contributed by atoms with Crippen LogP contribution in [0, 0.1) is 0 Å². The van der Waals surface area contributed by atoms with Crippen molar-refractivity contribution in [3.63, 3.8) is 0 Å². The standard InChI is InChI=1S/C48H49N7O4/c1-5-51(6-2)23-26-54-36-14-8-29-31(12-18-40(29)56)43(36)45-35-28-53(50(4)48(59)33(35)10-16-38(45)54)25-22-52(7-3)24-27-55-37-15-9-30-32(13-19-41(30)57)44(37)46-39(55)17-11-34-42(58)20-21-49-47(34)46/h8-11,14-17,20-21,28H,5-7,12-13,18-19,22-27H2,1-4H3/p+1. The summed E-state index contributed by atoms with van der Waals surface area (Å²) in [5.74, 6) is 0.370. The first-order chi connectivity index (χ1) is 28.7. The van der Waals surface area contributed by atoms with Crippen LogP contribution < -0.4 is 15.6 Å². The Morgan fingerprint density at radius 1 is 0.627 bits per heavy atom. The maximum absolute atomic E-state index is 14.2. The highest BCUT2D eigenvalue weighted by Gasteiger charge is 2.31. The number of ketones is 2. The van der Waals surface area contributed by atoms with Gasteiger partial charge in [0.1, 0.15) is 0 Å². The van der Waals surface area contributed by atoms with Gasteiger partial charge in [0.05, 0.1) is 40.3 Å². The van der Waals surface area contributed by atoms with Gasteiger partial charge in [-0.25, -0.2) is 0 Å². The third-order valence-corrected chi connectivity index (χ3v) is 13.6. The molecule has 0 fully saturated rings. The van der Waals surface area contributed by atoms with Crippen molar-refractivity contribution in [2.75, 3.05) is 39.3 Å². The van der Waals surface area contributed by atoms with Crippen LogP contribution in [-0.4, -0.2) is 79.5 Å². The summed E-state index contributed by atoms with van der Waals surface area (Å²) in [5.41, 5.74) is 8.87. The van der Waals surface area contributed by atoms with Gasteiger partial charge in [-0.1, -0.05) is 20.8 Å². The number of fused-ring (bicyclic) bond motifs is 14. The zero-order valence-electron chi connectivity index (χ0n) is 34.4. The van der Waals surface area contributed by atoms with Gasteiger partial charge in [0.25, 0.3) is 5.56 Å². The fourth-order valence-corrected chi connectivity index (χ4v) is 10.4. The molecule has 0 bridgehead atoms. The Labute approximate surface area is 341 Å². The molecule has 0 spiro atoms. The van der Waals surface area contributed by atoms with Gasteiger partial charge >= 0.3 is 0 Å². The molecule has 2 aliphatic carbocycles. The number of aromatic nitrogens is 5. The minimum absolute atomic E-state index is 0.0243. The molecular weight excluding hydrogens is 739 g/mol. The van der Waals surface area contributed by atoms with Crippen LogP contribution in [0.4, 0.5) is 0 Å². The van der Waals surface area contributed by atoms with E-state index in [2.05, 4.69) is 79.8 Å². The molecule has 59 heavy (non-hydrogen) atoms. The molecule has 4 aromatic carbocycles. The van der Waals surface area contributed by atoms with E-state index in [0.717, 1.165) is 123 Å². The number of aromatic amines is 1. The fourth-order valence-electron chi connectivity index (χ4n) is 10.4. The molecule has 2 aliphatic rings. The van der Waals surface area contributed by atoms with Gasteiger partial charge in [-0.3, -0.25) is 33.4 Å². The lowest BCUT2D eigenvalue weighted by Crippen LogP contribution is -2.40. The number of rotatable bonds is 12. The zero-order chi connectivity index (χ0) is 40.7. The minimum atomic E-state index is -0.0401. The summed E-state index contributed by atoms with van der Waals surface area (Å²) in [6.07, 6.45) is 6.30. The predicted molar refractivity (Wildman–Crippen MR) is 235 cm³/mol. The second-order valence-electron chi connectivity index (χ2n) is 16.3. The summed E-state index contributed by atoms with van der Waals surface area (Å²) >= 11 is 0. The van der Waals surface area contributed by atoms with Gasteiger partial charge in [-0.05, 0) is 80.0 Å². The van der Waals surface area contributed by atoms with Crippen molar-refractivity contribution in [3.8, 4) is 0 Å². The van der Waals surface area contributed by atoms with Crippen LogP contribution >= 0.6 is 0 Å². The molecule has 11 heteroatoms. The molecule has 8 aromatic rings. The Kier molecular flexibility index (Phi) is 9.13. The monoisotopic (exact) mass is 788 g/mol. The summed E-state index contributed by atoms with van der Waals surface area (Å²) in [4.78, 5) is 61.2. The summed E-state index contributed by atoms with van der Waals surface area (Å²) in [5, 5.41) is 6.50. The quantitative estimate of drug-likeness (QED) is 0.142. The van der Waals surface area contributed by atoms with Crippen molar-refractivity contribution in [2.45, 2.75) is 66.1 Å². The number of likely N-dealkylation sites (N-methyl/N-ethyl adjacent to an activating group) is 2. The average Bonchev–Trinajstić information content (AvgIpc) is 4.00. The number of carbonyl (C=O) groups excluding carboxylic acids is 2. The predicted octanol–water partition coefficient (Wildman–Crippen LogP) is 6.51. The maximum Gasteiger partial charge on any atom is 0.272 e. The van der Waals surface area contributed by atoms with E-state index >= 15 is 0 Å². The molecule has 0 radical (unpaired) electrons. The van der Waals surface area contributed by atoms with Crippen LogP contribution in [0.15, 0.2) is 76.6 Å². The zero-order valence-corrected chi connectivity index (χ0v) is 34.4. The average molecular weight is 789 g/mol. The lowest BCUT2D eigenvalue weighted by atomic mass is 10.00. The molecule has 0 unspecified atom stereocenters. The molecule has 300 valence electrons. The van der Waals surface area contributed by atoms with Crippen LogP contribution in [-0.2, 0) is 39.5 Å². The topological polar surface area (TPSA) is 109 Å². The smallest absolute Gasteiger partial charge is 0.272 e. The molecule has 0 saturated heterocycles. The highest BCUT2D eigenvalue weighted by molar-refractivity contribution is 6.23. The van der Waals surface area contributed by atoms with Crippen LogP contribution in [0.1, 0.15) is 65.5 Å². The first-order valence-electron chi connectivity index (χ1n) is 21.3. The largest absolute Gasteiger partial charge is 0.360 e. The molecular formula is C48H50N7O4+. The van der Waals surface area contributed by atoms with Crippen LogP contribution in [0.3, 0.4) is 0 Å². The van der Waals surface area contributed by atoms with E-state index < -0.39 is 0 Å². The Hall–Kier alpha value is -5.91. The summed E-state index contributed by atoms with van der Waals surface area (Å²) in [7, 11) is 1.85. The molecule has 1 N–H and O–H groups in total. The number of aryl methyl sites for hydroxylation is 2. The normalized spacial score (nSPS) is 14.3. The SMILES string of the molecule is CCN(CC)CC[n+]1c2ccc3c(c2c2c4cn(CCN(CC)CCn5c6ccc7c(c6c6c8[nH]ccc(=O)c8ccc65)CCC7=O)n(C)c(=O)c4ccc21)CCC3=O. The molecule has 0 amide bonds. The van der Waals surface area contributed by atoms with Crippen LogP contribution in [0.5, 0.6) is 0 Å². The van der Waals surface area contributed by atoms with Crippen LogP contribution in [0.25, 0.3) is 65.3 Å². The number of hydrogen-bond acceptors (Lipinski definition) is 6. The van der Waals surface area contributed by atoms with E-state index in [-0.39, 0.29) is 22.6 Å². The molecule has 0 saturated carbocycles. The third kappa shape index (κ3) is 5.73.